The molecule has 0 atom stereocenters. The van der Waals surface area contributed by atoms with E-state index in [1.165, 1.54) is 4.90 Å². The van der Waals surface area contributed by atoms with Crippen molar-refractivity contribution in [3.05, 3.63) is 54.6 Å². The van der Waals surface area contributed by atoms with Gasteiger partial charge in [-0.2, -0.15) is 13.2 Å². The number of benzene rings is 2. The molecule has 0 saturated carbocycles. The van der Waals surface area contributed by atoms with E-state index in [0.717, 1.165) is 11.1 Å². The third kappa shape index (κ3) is 4.98. The van der Waals surface area contributed by atoms with Crippen LogP contribution >= 0.6 is 0 Å². The summed E-state index contributed by atoms with van der Waals surface area (Å²) >= 11 is 0. The number of alkyl halides is 3. The van der Waals surface area contributed by atoms with Crippen molar-refractivity contribution in [2.75, 3.05) is 26.3 Å². The summed E-state index contributed by atoms with van der Waals surface area (Å²) in [5.41, 5.74) is 2.12. The highest BCUT2D eigenvalue weighted by molar-refractivity contribution is 5.78. The van der Waals surface area contributed by atoms with Crippen LogP contribution in [0.1, 0.15) is 0 Å². The molecule has 1 aliphatic heterocycles. The Kier molecular flexibility index (Phi) is 5.46. The highest BCUT2D eigenvalue weighted by Gasteiger charge is 2.35. The monoisotopic (exact) mass is 365 g/mol. The molecule has 4 nitrogen and oxygen atoms in total. The van der Waals surface area contributed by atoms with Gasteiger partial charge in [0.25, 0.3) is 5.91 Å². The summed E-state index contributed by atoms with van der Waals surface area (Å²) < 4.78 is 46.3. The molecule has 0 bridgehead atoms. The van der Waals surface area contributed by atoms with Crippen LogP contribution in [0.5, 0.6) is 5.75 Å². The van der Waals surface area contributed by atoms with Crippen LogP contribution < -0.4 is 4.74 Å². The lowest BCUT2D eigenvalue weighted by Gasteiger charge is -2.38. The van der Waals surface area contributed by atoms with Gasteiger partial charge in [-0.3, -0.25) is 4.79 Å². The van der Waals surface area contributed by atoms with Crippen LogP contribution in [0.4, 0.5) is 13.2 Å². The summed E-state index contributed by atoms with van der Waals surface area (Å²) in [7, 11) is 0. The molecule has 1 fully saturated rings. The molecule has 0 N–H and O–H groups in total. The molecule has 0 aliphatic carbocycles. The Hall–Kier alpha value is -2.54. The van der Waals surface area contributed by atoms with Crippen molar-refractivity contribution in [2.24, 2.45) is 0 Å². The van der Waals surface area contributed by atoms with Crippen molar-refractivity contribution in [1.82, 2.24) is 4.90 Å². The molecule has 1 aliphatic rings. The van der Waals surface area contributed by atoms with E-state index in [1.54, 1.807) is 12.1 Å². The van der Waals surface area contributed by atoms with E-state index in [4.69, 9.17) is 4.74 Å². The number of hydrogen-bond acceptors (Lipinski definition) is 3. The summed E-state index contributed by atoms with van der Waals surface area (Å²) in [5, 5.41) is 0. The number of rotatable bonds is 6. The first kappa shape index (κ1) is 18.3. The third-order valence-corrected chi connectivity index (χ3v) is 4.01. The molecule has 138 valence electrons. The molecule has 3 rings (SSSR count). The minimum Gasteiger partial charge on any atom is -0.484 e. The van der Waals surface area contributed by atoms with Gasteiger partial charge in [0, 0.05) is 13.1 Å². The van der Waals surface area contributed by atoms with Gasteiger partial charge in [-0.15, -0.1) is 0 Å². The first-order valence-electron chi connectivity index (χ1n) is 8.15. The molecule has 0 spiro atoms. The molecular weight excluding hydrogens is 347 g/mol. The average Bonchev–Trinajstić information content (AvgIpc) is 2.59. The van der Waals surface area contributed by atoms with E-state index in [9.17, 15) is 18.0 Å². The Bertz CT molecular complexity index is 726. The second-order valence-electron chi connectivity index (χ2n) is 6.03. The molecule has 1 saturated heterocycles. The Morgan fingerprint density at radius 1 is 1.00 bits per heavy atom. The Morgan fingerprint density at radius 2 is 1.62 bits per heavy atom. The number of likely N-dealkylation sites (tertiary alicyclic amines) is 1. The maximum Gasteiger partial charge on any atom is 0.411 e. The molecule has 1 heterocycles. The van der Waals surface area contributed by atoms with Crippen molar-refractivity contribution in [3.63, 3.8) is 0 Å². The highest BCUT2D eigenvalue weighted by Crippen LogP contribution is 2.23. The molecule has 1 amide bonds. The van der Waals surface area contributed by atoms with Gasteiger partial charge < -0.3 is 14.4 Å². The van der Waals surface area contributed by atoms with Gasteiger partial charge >= 0.3 is 6.18 Å². The largest absolute Gasteiger partial charge is 0.484 e. The zero-order valence-corrected chi connectivity index (χ0v) is 13.9. The van der Waals surface area contributed by atoms with E-state index in [2.05, 4.69) is 4.74 Å². The average molecular weight is 365 g/mol. The molecule has 26 heavy (non-hydrogen) atoms. The fraction of sp³-hybridized carbons (Fsp3) is 0.316. The minimum absolute atomic E-state index is 0.156. The summed E-state index contributed by atoms with van der Waals surface area (Å²) in [6, 6.07) is 17.2. The first-order chi connectivity index (χ1) is 12.4. The van der Waals surface area contributed by atoms with Gasteiger partial charge in [0.05, 0.1) is 6.10 Å². The van der Waals surface area contributed by atoms with Crippen LogP contribution in [0.3, 0.4) is 0 Å². The fourth-order valence-corrected chi connectivity index (χ4v) is 2.57. The molecule has 2 aromatic rings. The van der Waals surface area contributed by atoms with Crippen molar-refractivity contribution < 1.29 is 27.4 Å². The van der Waals surface area contributed by atoms with Crippen LogP contribution in [0.25, 0.3) is 11.1 Å². The van der Waals surface area contributed by atoms with Gasteiger partial charge in [0.15, 0.2) is 6.61 Å². The molecule has 7 heteroatoms. The van der Waals surface area contributed by atoms with Gasteiger partial charge in [-0.25, -0.2) is 0 Å². The zero-order valence-electron chi connectivity index (χ0n) is 13.9. The molecule has 2 aromatic carbocycles. The van der Waals surface area contributed by atoms with Crippen molar-refractivity contribution in [2.45, 2.75) is 12.3 Å². The van der Waals surface area contributed by atoms with Crippen LogP contribution in [0.15, 0.2) is 54.6 Å². The quantitative estimate of drug-likeness (QED) is 0.786. The Labute approximate surface area is 149 Å². The number of ether oxygens (including phenoxy) is 2. The van der Waals surface area contributed by atoms with E-state index < -0.39 is 18.9 Å². The van der Waals surface area contributed by atoms with Crippen molar-refractivity contribution in [3.8, 4) is 16.9 Å². The number of nitrogens with zero attached hydrogens (tertiary/aromatic N) is 1. The van der Waals surface area contributed by atoms with E-state index >= 15 is 0 Å². The molecule has 0 unspecified atom stereocenters. The Morgan fingerprint density at radius 3 is 2.23 bits per heavy atom. The Balaban J connectivity index is 1.41. The van der Waals surface area contributed by atoms with Gasteiger partial charge in [-0.1, -0.05) is 42.5 Å². The van der Waals surface area contributed by atoms with Crippen molar-refractivity contribution >= 4 is 5.91 Å². The summed E-state index contributed by atoms with van der Waals surface area (Å²) in [6.45, 7) is -1.13. The number of halogens is 3. The highest BCUT2D eigenvalue weighted by atomic mass is 19.4. The van der Waals surface area contributed by atoms with Crippen LogP contribution in [-0.2, 0) is 9.53 Å². The summed E-state index contributed by atoms with van der Waals surface area (Å²) in [6.07, 6.45) is -4.91. The maximum atomic E-state index is 12.1. The van der Waals surface area contributed by atoms with Gasteiger partial charge in [-0.05, 0) is 23.3 Å². The maximum absolute atomic E-state index is 12.1. The number of amides is 1. The number of carbonyl (C=O) groups is 1. The van der Waals surface area contributed by atoms with Gasteiger partial charge in [0.1, 0.15) is 12.4 Å². The summed E-state index contributed by atoms with van der Waals surface area (Å²) in [4.78, 5) is 13.4. The lowest BCUT2D eigenvalue weighted by atomic mass is 10.1. The molecule has 0 radical (unpaired) electrons. The SMILES string of the molecule is O=C(COc1ccc(-c2ccccc2)cc1)N1CC(OCC(F)(F)F)C1. The van der Waals surface area contributed by atoms with Crippen molar-refractivity contribution in [1.29, 1.82) is 0 Å². The topological polar surface area (TPSA) is 38.8 Å². The van der Waals surface area contributed by atoms with Crippen LogP contribution in [0, 0.1) is 0 Å². The molecule has 0 aromatic heterocycles. The first-order valence-corrected chi connectivity index (χ1v) is 8.15. The van der Waals surface area contributed by atoms with Gasteiger partial charge in [0.2, 0.25) is 0 Å². The second kappa shape index (κ2) is 7.78. The standard InChI is InChI=1S/C19H18F3NO3/c20-19(21,22)13-26-17-10-23(11-17)18(24)12-25-16-8-6-15(7-9-16)14-4-2-1-3-5-14/h1-9,17H,10-13H2. The lowest BCUT2D eigenvalue weighted by Crippen LogP contribution is -2.56. The predicted octanol–water partition coefficient (Wildman–Crippen LogP) is 3.52. The third-order valence-electron chi connectivity index (χ3n) is 4.01. The summed E-state index contributed by atoms with van der Waals surface area (Å²) in [5.74, 6) is 0.285. The fourth-order valence-electron chi connectivity index (χ4n) is 2.57. The van der Waals surface area contributed by atoms with E-state index in [-0.39, 0.29) is 25.6 Å². The molecular formula is C19H18F3NO3. The normalized spacial score (nSPS) is 14.8. The smallest absolute Gasteiger partial charge is 0.411 e. The minimum atomic E-state index is -4.35. The van der Waals surface area contributed by atoms with E-state index in [1.807, 2.05) is 42.5 Å². The predicted molar refractivity (Wildman–Crippen MR) is 89.7 cm³/mol. The van der Waals surface area contributed by atoms with E-state index in [0.29, 0.717) is 5.75 Å². The second-order valence-corrected chi connectivity index (χ2v) is 6.03. The van der Waals surface area contributed by atoms with Crippen LogP contribution in [-0.4, -0.2) is 49.4 Å². The number of hydrogen-bond donors (Lipinski definition) is 0. The lowest BCUT2D eigenvalue weighted by molar-refractivity contribution is -0.200. The van der Waals surface area contributed by atoms with Crippen LogP contribution in [0.2, 0.25) is 0 Å². The number of carbonyl (C=O) groups excluding carboxylic acids is 1. The zero-order chi connectivity index (χ0) is 18.6.